The third-order valence-electron chi connectivity index (χ3n) is 4.31. The summed E-state index contributed by atoms with van der Waals surface area (Å²) in [5, 5.41) is 3.68. The third-order valence-corrected chi connectivity index (χ3v) is 4.31. The molecule has 120 valence electrons. The zero-order chi connectivity index (χ0) is 15.4. The first-order valence-corrected chi connectivity index (χ1v) is 8.20. The molecule has 1 aromatic rings. The van der Waals surface area contributed by atoms with Crippen LogP contribution in [0.25, 0.3) is 0 Å². The van der Waals surface area contributed by atoms with Crippen LogP contribution >= 0.6 is 0 Å². The van der Waals surface area contributed by atoms with E-state index >= 15 is 0 Å². The number of nitrogens with one attached hydrogen (secondary N) is 1. The Morgan fingerprint density at radius 1 is 1.27 bits per heavy atom. The Morgan fingerprint density at radius 2 is 2.05 bits per heavy atom. The van der Waals surface area contributed by atoms with Crippen molar-refractivity contribution in [1.82, 2.24) is 10.2 Å². The molecule has 2 heterocycles. The summed E-state index contributed by atoms with van der Waals surface area (Å²) in [5.74, 6) is 1.79. The van der Waals surface area contributed by atoms with Gasteiger partial charge in [0.25, 0.3) is 0 Å². The second-order valence-electron chi connectivity index (χ2n) is 6.33. The quantitative estimate of drug-likeness (QED) is 0.848. The molecular weight excluding hydrogens is 276 g/mol. The minimum Gasteiger partial charge on any atom is -0.486 e. The van der Waals surface area contributed by atoms with Gasteiger partial charge in [-0.3, -0.25) is 4.90 Å². The number of benzene rings is 1. The van der Waals surface area contributed by atoms with Crippen molar-refractivity contribution in [3.05, 3.63) is 35.9 Å². The minimum absolute atomic E-state index is 0.585. The van der Waals surface area contributed by atoms with Gasteiger partial charge in [0.2, 0.25) is 0 Å². The van der Waals surface area contributed by atoms with E-state index in [1.165, 1.54) is 24.0 Å². The van der Waals surface area contributed by atoms with Crippen LogP contribution in [0.5, 0.6) is 11.5 Å². The summed E-state index contributed by atoms with van der Waals surface area (Å²) in [4.78, 5) is 2.49. The number of likely N-dealkylation sites (tertiary alicyclic amines) is 1. The summed E-state index contributed by atoms with van der Waals surface area (Å²) in [5.41, 5.74) is 2.45. The molecule has 4 nitrogen and oxygen atoms in total. The van der Waals surface area contributed by atoms with Crippen molar-refractivity contribution in [1.29, 1.82) is 0 Å². The second-order valence-corrected chi connectivity index (χ2v) is 6.33. The summed E-state index contributed by atoms with van der Waals surface area (Å²) < 4.78 is 11.4. The average molecular weight is 302 g/mol. The molecule has 2 aliphatic heterocycles. The SMILES string of the molecule is C=C(C)CN1CCC(NCc2cccc3c2OCCO3)CC1. The van der Waals surface area contributed by atoms with Crippen molar-refractivity contribution in [3.63, 3.8) is 0 Å². The molecule has 0 unspecified atom stereocenters. The molecule has 1 N–H and O–H groups in total. The zero-order valence-corrected chi connectivity index (χ0v) is 13.4. The third kappa shape index (κ3) is 3.81. The van der Waals surface area contributed by atoms with E-state index in [0.29, 0.717) is 19.3 Å². The molecule has 4 heteroatoms. The highest BCUT2D eigenvalue weighted by atomic mass is 16.6. The standard InChI is InChI=1S/C18H26N2O2/c1-14(2)13-20-8-6-16(7-9-20)19-12-15-4-3-5-17-18(15)22-11-10-21-17/h3-5,16,19H,1,6-13H2,2H3. The second kappa shape index (κ2) is 7.16. The molecule has 0 amide bonds. The van der Waals surface area contributed by atoms with Gasteiger partial charge in [0.05, 0.1) is 0 Å². The summed E-state index contributed by atoms with van der Waals surface area (Å²) >= 11 is 0. The van der Waals surface area contributed by atoms with Gasteiger partial charge in [-0.1, -0.05) is 24.3 Å². The Kier molecular flexibility index (Phi) is 5.01. The number of ether oxygens (including phenoxy) is 2. The van der Waals surface area contributed by atoms with E-state index in [1.54, 1.807) is 0 Å². The van der Waals surface area contributed by atoms with E-state index in [1.807, 2.05) is 12.1 Å². The van der Waals surface area contributed by atoms with Crippen molar-refractivity contribution in [2.75, 3.05) is 32.8 Å². The van der Waals surface area contributed by atoms with Crippen LogP contribution in [0.4, 0.5) is 0 Å². The van der Waals surface area contributed by atoms with Crippen LogP contribution in [0.2, 0.25) is 0 Å². The molecule has 1 fully saturated rings. The molecule has 0 aliphatic carbocycles. The first kappa shape index (κ1) is 15.4. The molecule has 0 bridgehead atoms. The van der Waals surface area contributed by atoms with Crippen molar-refractivity contribution >= 4 is 0 Å². The normalized spacial score (nSPS) is 19.1. The van der Waals surface area contributed by atoms with Crippen LogP contribution in [-0.2, 0) is 6.54 Å². The largest absolute Gasteiger partial charge is 0.486 e. The summed E-state index contributed by atoms with van der Waals surface area (Å²) in [6.45, 7) is 11.6. The van der Waals surface area contributed by atoms with E-state index in [0.717, 1.165) is 37.7 Å². The Morgan fingerprint density at radius 3 is 2.82 bits per heavy atom. The van der Waals surface area contributed by atoms with Crippen LogP contribution in [0, 0.1) is 0 Å². The fourth-order valence-electron chi connectivity index (χ4n) is 3.20. The highest BCUT2D eigenvalue weighted by Crippen LogP contribution is 2.33. The molecule has 1 saturated heterocycles. The predicted molar refractivity (Wildman–Crippen MR) is 88.5 cm³/mol. The fourth-order valence-corrected chi connectivity index (χ4v) is 3.20. The summed E-state index contributed by atoms with van der Waals surface area (Å²) in [6, 6.07) is 6.73. The lowest BCUT2D eigenvalue weighted by atomic mass is 10.0. The van der Waals surface area contributed by atoms with Gasteiger partial charge >= 0.3 is 0 Å². The Hall–Kier alpha value is -1.52. The first-order chi connectivity index (χ1) is 10.7. The molecule has 0 saturated carbocycles. The Labute approximate surface area is 133 Å². The average Bonchev–Trinajstić information content (AvgIpc) is 2.54. The van der Waals surface area contributed by atoms with E-state index in [4.69, 9.17) is 9.47 Å². The van der Waals surface area contributed by atoms with Gasteiger partial charge < -0.3 is 14.8 Å². The predicted octanol–water partition coefficient (Wildman–Crippen LogP) is 2.59. The van der Waals surface area contributed by atoms with Crippen LogP contribution in [0.15, 0.2) is 30.4 Å². The van der Waals surface area contributed by atoms with Crippen LogP contribution in [0.3, 0.4) is 0 Å². The van der Waals surface area contributed by atoms with Crippen molar-refractivity contribution in [2.45, 2.75) is 32.4 Å². The monoisotopic (exact) mass is 302 g/mol. The van der Waals surface area contributed by atoms with E-state index < -0.39 is 0 Å². The van der Waals surface area contributed by atoms with E-state index in [9.17, 15) is 0 Å². The zero-order valence-electron chi connectivity index (χ0n) is 13.4. The molecule has 0 aromatic heterocycles. The lowest BCUT2D eigenvalue weighted by Gasteiger charge is -2.32. The molecule has 1 aromatic carbocycles. The van der Waals surface area contributed by atoms with Crippen molar-refractivity contribution < 1.29 is 9.47 Å². The van der Waals surface area contributed by atoms with Crippen molar-refractivity contribution in [3.8, 4) is 11.5 Å². The van der Waals surface area contributed by atoms with Crippen molar-refractivity contribution in [2.24, 2.45) is 0 Å². The number of para-hydroxylation sites is 1. The van der Waals surface area contributed by atoms with Gasteiger partial charge in [-0.05, 0) is 38.9 Å². The van der Waals surface area contributed by atoms with E-state index in [2.05, 4.69) is 29.8 Å². The van der Waals surface area contributed by atoms with Gasteiger partial charge in [0.1, 0.15) is 13.2 Å². The lowest BCUT2D eigenvalue weighted by molar-refractivity contribution is 0.169. The number of hydrogen-bond donors (Lipinski definition) is 1. The highest BCUT2D eigenvalue weighted by Gasteiger charge is 2.20. The molecule has 0 spiro atoms. The van der Waals surface area contributed by atoms with E-state index in [-0.39, 0.29) is 0 Å². The highest BCUT2D eigenvalue weighted by molar-refractivity contribution is 5.47. The topological polar surface area (TPSA) is 33.7 Å². The van der Waals surface area contributed by atoms with Gasteiger partial charge in [-0.2, -0.15) is 0 Å². The fraction of sp³-hybridized carbons (Fsp3) is 0.556. The summed E-state index contributed by atoms with van der Waals surface area (Å²) in [7, 11) is 0. The van der Waals surface area contributed by atoms with Crippen LogP contribution in [-0.4, -0.2) is 43.8 Å². The number of hydrogen-bond acceptors (Lipinski definition) is 4. The maximum atomic E-state index is 5.77. The lowest BCUT2D eigenvalue weighted by Crippen LogP contribution is -2.42. The smallest absolute Gasteiger partial charge is 0.165 e. The first-order valence-electron chi connectivity index (χ1n) is 8.20. The maximum absolute atomic E-state index is 5.77. The molecule has 2 aliphatic rings. The van der Waals surface area contributed by atoms with Gasteiger partial charge in [-0.25, -0.2) is 0 Å². The van der Waals surface area contributed by atoms with Gasteiger partial charge in [-0.15, -0.1) is 0 Å². The van der Waals surface area contributed by atoms with Gasteiger partial charge in [0.15, 0.2) is 11.5 Å². The number of rotatable bonds is 5. The maximum Gasteiger partial charge on any atom is 0.165 e. The Bertz CT molecular complexity index is 522. The molecule has 0 radical (unpaired) electrons. The van der Waals surface area contributed by atoms with Gasteiger partial charge in [0, 0.05) is 24.7 Å². The van der Waals surface area contributed by atoms with Crippen LogP contribution in [0.1, 0.15) is 25.3 Å². The number of nitrogens with zero attached hydrogens (tertiary/aromatic N) is 1. The molecule has 0 atom stereocenters. The summed E-state index contributed by atoms with van der Waals surface area (Å²) in [6.07, 6.45) is 2.39. The molecular formula is C18H26N2O2. The molecule has 22 heavy (non-hydrogen) atoms. The number of piperidine rings is 1. The van der Waals surface area contributed by atoms with Crippen LogP contribution < -0.4 is 14.8 Å². The number of fused-ring (bicyclic) bond motifs is 1. The minimum atomic E-state index is 0.585. The Balaban J connectivity index is 1.51. The molecule has 3 rings (SSSR count).